The van der Waals surface area contributed by atoms with Crippen LogP contribution in [0.25, 0.3) is 0 Å². The quantitative estimate of drug-likeness (QED) is 0.737. The molecule has 1 heterocycles. The SMILES string of the molecule is COc1cc(OC)c(CNCCc2ncno2)c(OC)c1. The third-order valence-corrected chi connectivity index (χ3v) is 3.04. The third-order valence-electron chi connectivity index (χ3n) is 3.04. The van der Waals surface area contributed by atoms with Crippen molar-refractivity contribution in [1.29, 1.82) is 0 Å². The molecular weight excluding hydrogens is 274 g/mol. The lowest BCUT2D eigenvalue weighted by molar-refractivity contribution is 0.364. The van der Waals surface area contributed by atoms with E-state index in [1.165, 1.54) is 6.33 Å². The van der Waals surface area contributed by atoms with Crippen LogP contribution in [0.2, 0.25) is 0 Å². The molecular formula is C14H19N3O4. The van der Waals surface area contributed by atoms with E-state index in [0.29, 0.717) is 31.2 Å². The van der Waals surface area contributed by atoms with Crippen LogP contribution in [-0.2, 0) is 13.0 Å². The van der Waals surface area contributed by atoms with Gasteiger partial charge in [-0.05, 0) is 0 Å². The highest BCUT2D eigenvalue weighted by molar-refractivity contribution is 5.50. The first-order valence-corrected chi connectivity index (χ1v) is 6.53. The van der Waals surface area contributed by atoms with Crippen molar-refractivity contribution in [3.63, 3.8) is 0 Å². The lowest BCUT2D eigenvalue weighted by atomic mass is 10.1. The van der Waals surface area contributed by atoms with Crippen molar-refractivity contribution in [2.45, 2.75) is 13.0 Å². The molecule has 0 saturated heterocycles. The highest BCUT2D eigenvalue weighted by Crippen LogP contribution is 2.33. The average Bonchev–Trinajstić information content (AvgIpc) is 3.04. The lowest BCUT2D eigenvalue weighted by Gasteiger charge is -2.15. The number of ether oxygens (including phenoxy) is 3. The molecule has 1 N–H and O–H groups in total. The molecule has 0 unspecified atom stereocenters. The first-order chi connectivity index (χ1) is 10.3. The van der Waals surface area contributed by atoms with Gasteiger partial charge < -0.3 is 24.1 Å². The fourth-order valence-corrected chi connectivity index (χ4v) is 1.97. The summed E-state index contributed by atoms with van der Waals surface area (Å²) in [7, 11) is 4.85. The molecule has 2 aromatic rings. The minimum absolute atomic E-state index is 0.602. The Balaban J connectivity index is 2.00. The molecule has 0 radical (unpaired) electrons. The standard InChI is InChI=1S/C14H19N3O4/c1-18-10-6-12(19-2)11(13(7-10)20-3)8-15-5-4-14-16-9-17-21-14/h6-7,9,15H,4-5,8H2,1-3H3. The Morgan fingerprint density at radius 2 is 1.81 bits per heavy atom. The Bertz CT molecular complexity index is 532. The van der Waals surface area contributed by atoms with Gasteiger partial charge in [-0.15, -0.1) is 0 Å². The van der Waals surface area contributed by atoms with Crippen molar-refractivity contribution in [3.8, 4) is 17.2 Å². The second kappa shape index (κ2) is 7.49. The van der Waals surface area contributed by atoms with Gasteiger partial charge in [0.15, 0.2) is 6.33 Å². The summed E-state index contributed by atoms with van der Waals surface area (Å²) in [5.41, 5.74) is 0.936. The van der Waals surface area contributed by atoms with E-state index in [2.05, 4.69) is 15.5 Å². The lowest BCUT2D eigenvalue weighted by Crippen LogP contribution is -2.18. The van der Waals surface area contributed by atoms with Crippen LogP contribution in [-0.4, -0.2) is 38.0 Å². The van der Waals surface area contributed by atoms with Gasteiger partial charge >= 0.3 is 0 Å². The smallest absolute Gasteiger partial charge is 0.227 e. The van der Waals surface area contributed by atoms with Crippen LogP contribution in [0.4, 0.5) is 0 Å². The minimum Gasteiger partial charge on any atom is -0.496 e. The van der Waals surface area contributed by atoms with Crippen LogP contribution in [0.5, 0.6) is 17.2 Å². The fourth-order valence-electron chi connectivity index (χ4n) is 1.97. The highest BCUT2D eigenvalue weighted by Gasteiger charge is 2.12. The zero-order valence-electron chi connectivity index (χ0n) is 12.4. The molecule has 7 nitrogen and oxygen atoms in total. The van der Waals surface area contributed by atoms with Crippen molar-refractivity contribution >= 4 is 0 Å². The molecule has 0 aliphatic rings. The van der Waals surface area contributed by atoms with E-state index < -0.39 is 0 Å². The topological polar surface area (TPSA) is 78.6 Å². The van der Waals surface area contributed by atoms with Gasteiger partial charge in [0.2, 0.25) is 5.89 Å². The zero-order valence-corrected chi connectivity index (χ0v) is 12.4. The second-order valence-corrected chi connectivity index (χ2v) is 4.27. The maximum atomic E-state index is 5.39. The molecule has 21 heavy (non-hydrogen) atoms. The molecule has 0 bridgehead atoms. The van der Waals surface area contributed by atoms with Crippen molar-refractivity contribution in [3.05, 3.63) is 29.9 Å². The van der Waals surface area contributed by atoms with Gasteiger partial charge in [-0.2, -0.15) is 4.98 Å². The maximum absolute atomic E-state index is 5.39. The van der Waals surface area contributed by atoms with Crippen LogP contribution in [0.3, 0.4) is 0 Å². The maximum Gasteiger partial charge on any atom is 0.227 e. The van der Waals surface area contributed by atoms with E-state index in [-0.39, 0.29) is 0 Å². The number of nitrogens with one attached hydrogen (secondary N) is 1. The predicted octanol–water partition coefficient (Wildman–Crippen LogP) is 1.43. The number of nitrogens with zero attached hydrogens (tertiary/aromatic N) is 2. The van der Waals surface area contributed by atoms with Gasteiger partial charge in [0.05, 0.1) is 26.9 Å². The van der Waals surface area contributed by atoms with Crippen LogP contribution in [0.15, 0.2) is 23.0 Å². The minimum atomic E-state index is 0.602. The van der Waals surface area contributed by atoms with Crippen molar-refractivity contribution in [2.24, 2.45) is 0 Å². The van der Waals surface area contributed by atoms with E-state index in [4.69, 9.17) is 18.7 Å². The Labute approximate surface area is 123 Å². The normalized spacial score (nSPS) is 10.4. The Hall–Kier alpha value is -2.28. The summed E-state index contributed by atoms with van der Waals surface area (Å²) in [4.78, 5) is 3.97. The molecule has 114 valence electrons. The second-order valence-electron chi connectivity index (χ2n) is 4.27. The first kappa shape index (κ1) is 15.1. The van der Waals surface area contributed by atoms with Crippen LogP contribution in [0.1, 0.15) is 11.5 Å². The molecule has 0 saturated carbocycles. The summed E-state index contributed by atoms with van der Waals surface area (Å²) < 4.78 is 20.9. The van der Waals surface area contributed by atoms with E-state index in [9.17, 15) is 0 Å². The third kappa shape index (κ3) is 3.85. The van der Waals surface area contributed by atoms with Crippen LogP contribution < -0.4 is 19.5 Å². The number of benzene rings is 1. The average molecular weight is 293 g/mol. The Kier molecular flexibility index (Phi) is 5.39. The van der Waals surface area contributed by atoms with Crippen LogP contribution in [0, 0.1) is 0 Å². The van der Waals surface area contributed by atoms with E-state index >= 15 is 0 Å². The summed E-state index contributed by atoms with van der Waals surface area (Å²) in [6.07, 6.45) is 2.06. The van der Waals surface area contributed by atoms with E-state index in [1.54, 1.807) is 21.3 Å². The van der Waals surface area contributed by atoms with E-state index in [0.717, 1.165) is 17.1 Å². The van der Waals surface area contributed by atoms with Gasteiger partial charge in [0, 0.05) is 31.6 Å². The summed E-state index contributed by atoms with van der Waals surface area (Å²) in [6.45, 7) is 1.31. The van der Waals surface area contributed by atoms with Crippen molar-refractivity contribution < 1.29 is 18.7 Å². The largest absolute Gasteiger partial charge is 0.496 e. The monoisotopic (exact) mass is 293 g/mol. The number of rotatable bonds is 8. The number of hydrogen-bond donors (Lipinski definition) is 1. The first-order valence-electron chi connectivity index (χ1n) is 6.53. The van der Waals surface area contributed by atoms with Crippen molar-refractivity contribution in [2.75, 3.05) is 27.9 Å². The summed E-state index contributed by atoms with van der Waals surface area (Å²) in [5, 5.41) is 6.86. The summed E-state index contributed by atoms with van der Waals surface area (Å²) in [5.74, 6) is 2.74. The molecule has 0 aliphatic heterocycles. The van der Waals surface area contributed by atoms with Gasteiger partial charge in [0.1, 0.15) is 17.2 Å². The predicted molar refractivity (Wildman–Crippen MR) is 75.8 cm³/mol. The Morgan fingerprint density at radius 1 is 1.10 bits per heavy atom. The van der Waals surface area contributed by atoms with Gasteiger partial charge in [-0.25, -0.2) is 0 Å². The van der Waals surface area contributed by atoms with Gasteiger partial charge in [-0.3, -0.25) is 0 Å². The summed E-state index contributed by atoms with van der Waals surface area (Å²) in [6, 6.07) is 3.66. The Morgan fingerprint density at radius 3 is 2.33 bits per heavy atom. The molecule has 7 heteroatoms. The van der Waals surface area contributed by atoms with E-state index in [1.807, 2.05) is 12.1 Å². The van der Waals surface area contributed by atoms with Crippen molar-refractivity contribution in [1.82, 2.24) is 15.5 Å². The van der Waals surface area contributed by atoms with Gasteiger partial charge in [-0.1, -0.05) is 5.16 Å². The molecule has 1 aromatic carbocycles. The van der Waals surface area contributed by atoms with Crippen LogP contribution >= 0.6 is 0 Å². The molecule has 1 aromatic heterocycles. The molecule has 0 amide bonds. The number of methoxy groups -OCH3 is 3. The molecule has 0 aliphatic carbocycles. The molecule has 0 atom stereocenters. The highest BCUT2D eigenvalue weighted by atomic mass is 16.5. The molecule has 0 fully saturated rings. The number of aromatic nitrogens is 2. The molecule has 2 rings (SSSR count). The fraction of sp³-hybridized carbons (Fsp3) is 0.429. The number of hydrogen-bond acceptors (Lipinski definition) is 7. The zero-order chi connectivity index (χ0) is 15.1. The summed E-state index contributed by atoms with van der Waals surface area (Å²) >= 11 is 0. The molecule has 0 spiro atoms. The van der Waals surface area contributed by atoms with Gasteiger partial charge in [0.25, 0.3) is 0 Å².